The normalized spacial score (nSPS) is 10.6. The lowest BCUT2D eigenvalue weighted by atomic mass is 10.2. The van der Waals surface area contributed by atoms with Crippen LogP contribution in [0, 0.1) is 0 Å². The molecular weight excluding hydrogens is 164 g/mol. The smallest absolute Gasteiger partial charge is 0.108 e. The Labute approximate surface area is 79.7 Å². The van der Waals surface area contributed by atoms with Gasteiger partial charge in [-0.1, -0.05) is 0 Å². The molecule has 3 nitrogen and oxygen atoms in total. The lowest BCUT2D eigenvalue weighted by molar-refractivity contribution is 0.143. The number of hydrogen-bond acceptors (Lipinski definition) is 2. The van der Waals surface area contributed by atoms with Gasteiger partial charge in [0.2, 0.25) is 0 Å². The highest BCUT2D eigenvalue weighted by Crippen LogP contribution is 2.01. The maximum Gasteiger partial charge on any atom is 0.108 e. The van der Waals surface area contributed by atoms with Crippen molar-refractivity contribution in [3.05, 3.63) is 18.2 Å². The molecule has 0 unspecified atom stereocenters. The number of aryl methyl sites for hydroxylation is 2. The summed E-state index contributed by atoms with van der Waals surface area (Å²) in [5.41, 5.74) is 0. The zero-order chi connectivity index (χ0) is 9.52. The summed E-state index contributed by atoms with van der Waals surface area (Å²) in [4.78, 5) is 4.26. The van der Waals surface area contributed by atoms with Crippen molar-refractivity contribution in [3.63, 3.8) is 0 Å². The first kappa shape index (κ1) is 10.3. The van der Waals surface area contributed by atoms with Gasteiger partial charge in [0.05, 0.1) is 0 Å². The first-order valence-electron chi connectivity index (χ1n) is 4.88. The Balaban J connectivity index is 2.10. The fourth-order valence-electron chi connectivity index (χ4n) is 1.27. The monoisotopic (exact) mass is 182 g/mol. The van der Waals surface area contributed by atoms with Crippen molar-refractivity contribution < 1.29 is 4.74 Å². The van der Waals surface area contributed by atoms with E-state index >= 15 is 0 Å². The van der Waals surface area contributed by atoms with Crippen LogP contribution in [0.25, 0.3) is 0 Å². The van der Waals surface area contributed by atoms with Crippen LogP contribution in [0.15, 0.2) is 12.4 Å². The van der Waals surface area contributed by atoms with Gasteiger partial charge in [0.25, 0.3) is 0 Å². The lowest BCUT2D eigenvalue weighted by Crippen LogP contribution is -1.99. The van der Waals surface area contributed by atoms with E-state index in [2.05, 4.69) is 9.55 Å². The van der Waals surface area contributed by atoms with E-state index in [1.54, 1.807) is 0 Å². The Morgan fingerprint density at radius 1 is 1.46 bits per heavy atom. The van der Waals surface area contributed by atoms with Crippen LogP contribution in [-0.4, -0.2) is 22.8 Å². The van der Waals surface area contributed by atoms with Gasteiger partial charge in [-0.05, 0) is 19.8 Å². The molecule has 0 aliphatic carbocycles. The van der Waals surface area contributed by atoms with Gasteiger partial charge in [-0.3, -0.25) is 0 Å². The highest BCUT2D eigenvalue weighted by molar-refractivity contribution is 4.90. The van der Waals surface area contributed by atoms with E-state index in [9.17, 15) is 0 Å². The van der Waals surface area contributed by atoms with Crippen LogP contribution in [0.5, 0.6) is 0 Å². The first-order chi connectivity index (χ1) is 6.34. The van der Waals surface area contributed by atoms with Gasteiger partial charge in [-0.2, -0.15) is 0 Å². The zero-order valence-corrected chi connectivity index (χ0v) is 8.49. The number of unbranched alkanes of at least 4 members (excludes halogenated alkanes) is 1. The summed E-state index contributed by atoms with van der Waals surface area (Å²) in [7, 11) is 2.03. The van der Waals surface area contributed by atoms with Crippen molar-refractivity contribution in [2.75, 3.05) is 13.2 Å². The van der Waals surface area contributed by atoms with E-state index in [1.165, 1.54) is 0 Å². The van der Waals surface area contributed by atoms with Crippen molar-refractivity contribution in [1.29, 1.82) is 0 Å². The number of nitrogens with zero attached hydrogens (tertiary/aromatic N) is 2. The summed E-state index contributed by atoms with van der Waals surface area (Å²) in [5.74, 6) is 1.16. The molecule has 0 saturated heterocycles. The van der Waals surface area contributed by atoms with E-state index in [1.807, 2.05) is 26.4 Å². The van der Waals surface area contributed by atoms with Crippen molar-refractivity contribution in [1.82, 2.24) is 9.55 Å². The molecule has 0 saturated carbocycles. The SMILES string of the molecule is CCOCCCCc1nccn1C. The molecule has 0 radical (unpaired) electrons. The third kappa shape index (κ3) is 3.59. The molecule has 0 N–H and O–H groups in total. The molecule has 1 aromatic rings. The second kappa shape index (κ2) is 5.75. The van der Waals surface area contributed by atoms with Crippen molar-refractivity contribution >= 4 is 0 Å². The Hall–Kier alpha value is -0.830. The molecule has 0 aliphatic rings. The lowest BCUT2D eigenvalue weighted by Gasteiger charge is -2.02. The van der Waals surface area contributed by atoms with E-state index in [-0.39, 0.29) is 0 Å². The van der Waals surface area contributed by atoms with Gasteiger partial charge in [0.1, 0.15) is 5.82 Å². The molecule has 0 aromatic carbocycles. The predicted octanol–water partition coefficient (Wildman–Crippen LogP) is 1.78. The van der Waals surface area contributed by atoms with Crippen LogP contribution < -0.4 is 0 Å². The van der Waals surface area contributed by atoms with Crippen LogP contribution in [0.4, 0.5) is 0 Å². The maximum absolute atomic E-state index is 5.26. The van der Waals surface area contributed by atoms with Crippen molar-refractivity contribution in [2.45, 2.75) is 26.2 Å². The third-order valence-corrected chi connectivity index (χ3v) is 2.06. The summed E-state index contributed by atoms with van der Waals surface area (Å²) in [5, 5.41) is 0. The number of hydrogen-bond donors (Lipinski definition) is 0. The summed E-state index contributed by atoms with van der Waals surface area (Å²) in [6.07, 6.45) is 7.16. The Morgan fingerprint density at radius 3 is 2.92 bits per heavy atom. The fourth-order valence-corrected chi connectivity index (χ4v) is 1.27. The van der Waals surface area contributed by atoms with Gasteiger partial charge >= 0.3 is 0 Å². The quantitative estimate of drug-likeness (QED) is 0.627. The minimum atomic E-state index is 0.822. The summed E-state index contributed by atoms with van der Waals surface area (Å²) >= 11 is 0. The van der Waals surface area contributed by atoms with Crippen LogP contribution in [0.2, 0.25) is 0 Å². The van der Waals surface area contributed by atoms with Crippen molar-refractivity contribution in [2.24, 2.45) is 7.05 Å². The molecule has 1 heterocycles. The van der Waals surface area contributed by atoms with Gasteiger partial charge in [-0.25, -0.2) is 4.98 Å². The minimum Gasteiger partial charge on any atom is -0.382 e. The Bertz CT molecular complexity index is 233. The highest BCUT2D eigenvalue weighted by atomic mass is 16.5. The molecule has 0 amide bonds. The predicted molar refractivity (Wildman–Crippen MR) is 52.6 cm³/mol. The average molecular weight is 182 g/mol. The second-order valence-electron chi connectivity index (χ2n) is 3.11. The molecule has 0 aliphatic heterocycles. The average Bonchev–Trinajstić information content (AvgIpc) is 2.52. The molecule has 0 bridgehead atoms. The standard InChI is InChI=1S/C10H18N2O/c1-3-13-9-5-4-6-10-11-7-8-12(10)2/h7-8H,3-6,9H2,1-2H3. The molecule has 74 valence electrons. The topological polar surface area (TPSA) is 27.1 Å². The van der Waals surface area contributed by atoms with E-state index in [0.29, 0.717) is 0 Å². The van der Waals surface area contributed by atoms with Crippen LogP contribution in [-0.2, 0) is 18.2 Å². The number of aromatic nitrogens is 2. The van der Waals surface area contributed by atoms with Crippen LogP contribution in [0.3, 0.4) is 0 Å². The highest BCUT2D eigenvalue weighted by Gasteiger charge is 1.97. The zero-order valence-electron chi connectivity index (χ0n) is 8.49. The van der Waals surface area contributed by atoms with Crippen LogP contribution >= 0.6 is 0 Å². The number of rotatable bonds is 6. The first-order valence-corrected chi connectivity index (χ1v) is 4.88. The summed E-state index contributed by atoms with van der Waals surface area (Å²) in [6.45, 7) is 3.72. The third-order valence-electron chi connectivity index (χ3n) is 2.06. The maximum atomic E-state index is 5.26. The molecule has 1 rings (SSSR count). The Morgan fingerprint density at radius 2 is 2.31 bits per heavy atom. The number of imidazole rings is 1. The molecule has 1 aromatic heterocycles. The summed E-state index contributed by atoms with van der Waals surface area (Å²) < 4.78 is 7.33. The van der Waals surface area contributed by atoms with E-state index in [0.717, 1.165) is 38.3 Å². The van der Waals surface area contributed by atoms with Gasteiger partial charge in [0.15, 0.2) is 0 Å². The molecule has 0 spiro atoms. The second-order valence-corrected chi connectivity index (χ2v) is 3.11. The van der Waals surface area contributed by atoms with Gasteiger partial charge in [-0.15, -0.1) is 0 Å². The van der Waals surface area contributed by atoms with Gasteiger partial charge < -0.3 is 9.30 Å². The molecule has 3 heteroatoms. The summed E-state index contributed by atoms with van der Waals surface area (Å²) in [6, 6.07) is 0. The Kier molecular flexibility index (Phi) is 4.54. The van der Waals surface area contributed by atoms with Crippen molar-refractivity contribution in [3.8, 4) is 0 Å². The molecule has 0 fully saturated rings. The minimum absolute atomic E-state index is 0.822. The fraction of sp³-hybridized carbons (Fsp3) is 0.700. The number of ether oxygens (including phenoxy) is 1. The molecule has 13 heavy (non-hydrogen) atoms. The van der Waals surface area contributed by atoms with Crippen LogP contribution in [0.1, 0.15) is 25.6 Å². The molecule has 0 atom stereocenters. The van der Waals surface area contributed by atoms with E-state index < -0.39 is 0 Å². The van der Waals surface area contributed by atoms with Gasteiger partial charge in [0, 0.05) is 39.1 Å². The molecular formula is C10H18N2O. The largest absolute Gasteiger partial charge is 0.382 e. The van der Waals surface area contributed by atoms with E-state index in [4.69, 9.17) is 4.74 Å².